The molecule has 1 fully saturated rings. The molecule has 2 N–H and O–H groups in total. The summed E-state index contributed by atoms with van der Waals surface area (Å²) in [4.78, 5) is 14.4. The van der Waals surface area contributed by atoms with E-state index in [0.29, 0.717) is 17.2 Å². The van der Waals surface area contributed by atoms with Gasteiger partial charge >= 0.3 is 6.09 Å². The van der Waals surface area contributed by atoms with Gasteiger partial charge < -0.3 is 15.2 Å². The maximum atomic E-state index is 10.4. The smallest absolute Gasteiger partial charge is 0.404 e. The number of ether oxygens (including phenoxy) is 1. The van der Waals surface area contributed by atoms with Gasteiger partial charge in [-0.1, -0.05) is 12.1 Å². The number of hydrogen-bond acceptors (Lipinski definition) is 7. The van der Waals surface area contributed by atoms with E-state index >= 15 is 0 Å². The van der Waals surface area contributed by atoms with Crippen LogP contribution in [0.2, 0.25) is 0 Å². The van der Waals surface area contributed by atoms with Crippen molar-refractivity contribution in [3.63, 3.8) is 0 Å². The van der Waals surface area contributed by atoms with E-state index in [1.807, 2.05) is 40.2 Å². The zero-order chi connectivity index (χ0) is 23.3. The van der Waals surface area contributed by atoms with Gasteiger partial charge in [0.05, 0.1) is 30.2 Å². The van der Waals surface area contributed by atoms with Crippen molar-refractivity contribution in [2.24, 2.45) is 0 Å². The van der Waals surface area contributed by atoms with Gasteiger partial charge in [-0.05, 0) is 37.1 Å². The quantitative estimate of drug-likeness (QED) is 0.574. The van der Waals surface area contributed by atoms with Crippen LogP contribution in [0.4, 0.5) is 4.79 Å². The number of fused-ring (bicyclic) bond motifs is 1. The van der Waals surface area contributed by atoms with Crippen LogP contribution in [0.1, 0.15) is 30.1 Å². The summed E-state index contributed by atoms with van der Waals surface area (Å²) in [5.74, 6) is 1.91. The number of sulfone groups is 1. The second-order valence-corrected chi connectivity index (χ2v) is 9.58. The third-order valence-corrected chi connectivity index (χ3v) is 5.61. The highest BCUT2D eigenvalue weighted by molar-refractivity contribution is 7.90. The molecule has 32 heavy (non-hydrogen) atoms. The monoisotopic (exact) mass is 457 g/mol. The number of benzene rings is 1. The van der Waals surface area contributed by atoms with Gasteiger partial charge in [0, 0.05) is 24.3 Å². The van der Waals surface area contributed by atoms with Gasteiger partial charge in [-0.2, -0.15) is 10.4 Å². The van der Waals surface area contributed by atoms with Gasteiger partial charge in [-0.15, -0.1) is 0 Å². The van der Waals surface area contributed by atoms with E-state index in [1.54, 1.807) is 13.2 Å². The van der Waals surface area contributed by atoms with Gasteiger partial charge in [-0.3, -0.25) is 0 Å². The van der Waals surface area contributed by atoms with Crippen LogP contribution in [-0.2, 0) is 9.84 Å². The van der Waals surface area contributed by atoms with Gasteiger partial charge in [0.2, 0.25) is 0 Å². The molecule has 4 rings (SSSR count). The third-order valence-electron chi connectivity index (χ3n) is 4.66. The normalized spacial score (nSPS) is 13.0. The van der Waals surface area contributed by atoms with Crippen LogP contribution in [0.3, 0.4) is 0 Å². The Balaban J connectivity index is 0.000000247. The number of rotatable bonds is 6. The predicted octanol–water partition coefficient (Wildman–Crippen LogP) is 2.45. The van der Waals surface area contributed by atoms with Crippen LogP contribution in [0.25, 0.3) is 16.9 Å². The van der Waals surface area contributed by atoms with Crippen LogP contribution in [0.5, 0.6) is 5.75 Å². The molecule has 0 spiro atoms. The summed E-state index contributed by atoms with van der Waals surface area (Å²) in [7, 11) is -1.41. The minimum absolute atomic E-state index is 0.0475. The van der Waals surface area contributed by atoms with E-state index < -0.39 is 15.9 Å². The maximum Gasteiger partial charge on any atom is 0.404 e. The molecule has 0 radical (unpaired) electrons. The topological polar surface area (TPSA) is 147 Å². The van der Waals surface area contributed by atoms with Crippen LogP contribution in [0.15, 0.2) is 36.4 Å². The molecule has 0 saturated heterocycles. The first-order valence-electron chi connectivity index (χ1n) is 9.80. The third kappa shape index (κ3) is 5.95. The molecule has 2 aromatic heterocycles. The molecule has 168 valence electrons. The number of methoxy groups -OCH3 is 1. The van der Waals surface area contributed by atoms with Crippen molar-refractivity contribution < 1.29 is 23.1 Å². The molecule has 0 atom stereocenters. The first kappa shape index (κ1) is 23.0. The van der Waals surface area contributed by atoms with Crippen molar-refractivity contribution in [1.82, 2.24) is 19.9 Å². The Labute approximate surface area is 185 Å². The van der Waals surface area contributed by atoms with E-state index in [0.717, 1.165) is 41.8 Å². The van der Waals surface area contributed by atoms with E-state index in [9.17, 15) is 13.2 Å². The Bertz CT molecular complexity index is 1280. The minimum Gasteiger partial charge on any atom is -0.493 e. The minimum atomic E-state index is -3.05. The Hall–Kier alpha value is -3.65. The number of amides is 1. The first-order chi connectivity index (χ1) is 15.2. The summed E-state index contributed by atoms with van der Waals surface area (Å²) >= 11 is 0. The number of nitrogens with one attached hydrogen (secondary N) is 1. The molecule has 0 aliphatic heterocycles. The molecule has 1 saturated carbocycles. The number of pyridine rings is 1. The Morgan fingerprint density at radius 2 is 2.09 bits per heavy atom. The highest BCUT2D eigenvalue weighted by Crippen LogP contribution is 2.39. The fraction of sp³-hybridized carbons (Fsp3) is 0.333. The Morgan fingerprint density at radius 3 is 2.69 bits per heavy atom. The largest absolute Gasteiger partial charge is 0.493 e. The fourth-order valence-corrected chi connectivity index (χ4v) is 3.41. The van der Waals surface area contributed by atoms with E-state index in [1.165, 1.54) is 0 Å². The Kier molecular flexibility index (Phi) is 6.95. The van der Waals surface area contributed by atoms with Crippen LogP contribution >= 0.6 is 0 Å². The van der Waals surface area contributed by atoms with Gasteiger partial charge in [0.15, 0.2) is 17.2 Å². The van der Waals surface area contributed by atoms with Crippen molar-refractivity contribution >= 4 is 21.6 Å². The Morgan fingerprint density at radius 1 is 1.34 bits per heavy atom. The second-order valence-electron chi connectivity index (χ2n) is 7.32. The molecular weight excluding hydrogens is 434 g/mol. The lowest BCUT2D eigenvalue weighted by molar-refractivity contribution is 0.195. The molecule has 2 heterocycles. The molecule has 1 aliphatic rings. The molecule has 1 amide bonds. The van der Waals surface area contributed by atoms with Crippen molar-refractivity contribution in [3.8, 4) is 23.1 Å². The number of nitrogens with zero attached hydrogens (tertiary/aromatic N) is 4. The van der Waals surface area contributed by atoms with Crippen molar-refractivity contribution in [2.45, 2.75) is 18.8 Å². The molecule has 11 heteroatoms. The summed E-state index contributed by atoms with van der Waals surface area (Å²) in [5, 5.41) is 23.7. The van der Waals surface area contributed by atoms with E-state index in [-0.39, 0.29) is 12.3 Å². The number of carboxylic acid groups (broad SMARTS) is 1. The van der Waals surface area contributed by atoms with Crippen LogP contribution < -0.4 is 10.1 Å². The van der Waals surface area contributed by atoms with Crippen molar-refractivity contribution in [2.75, 3.05) is 25.7 Å². The molecule has 3 aromatic rings. The number of nitriles is 1. The molecule has 1 aromatic carbocycles. The van der Waals surface area contributed by atoms with E-state index in [2.05, 4.69) is 16.2 Å². The zero-order valence-corrected chi connectivity index (χ0v) is 18.5. The summed E-state index contributed by atoms with van der Waals surface area (Å²) in [5.41, 5.74) is 3.21. The summed E-state index contributed by atoms with van der Waals surface area (Å²) in [6.07, 6.45) is 2.15. The average Bonchev–Trinajstić information content (AvgIpc) is 3.50. The highest BCUT2D eigenvalue weighted by Gasteiger charge is 2.29. The zero-order valence-electron chi connectivity index (χ0n) is 17.6. The van der Waals surface area contributed by atoms with Crippen LogP contribution in [-0.4, -0.2) is 59.9 Å². The first-order valence-corrected chi connectivity index (χ1v) is 11.9. The molecular formula is C21H23N5O5S. The standard InChI is InChI=1S/C17H14N4O.C4H9NO4S/c1-22-15-8-7-14(13-4-2-3-11(9-13)10-18)21-17(15)19-16(20-21)12-5-6-12;1-10(8,9)3-2-5-4(6)7/h2-4,7-9,12H,5-6H2,1H3;5H,2-3H2,1H3,(H,6,7). The summed E-state index contributed by atoms with van der Waals surface area (Å²) in [6.45, 7) is -0.0475. The SMILES string of the molecule is COc1ccc(-c2cccc(C#N)c2)n2nc(C3CC3)nc12.CS(=O)(=O)CCNC(=O)O. The van der Waals surface area contributed by atoms with E-state index in [4.69, 9.17) is 15.1 Å². The molecule has 10 nitrogen and oxygen atoms in total. The summed E-state index contributed by atoms with van der Waals surface area (Å²) < 4.78 is 28.0. The van der Waals surface area contributed by atoms with Gasteiger partial charge in [-0.25, -0.2) is 22.7 Å². The second kappa shape index (κ2) is 9.65. The van der Waals surface area contributed by atoms with Crippen LogP contribution in [0, 0.1) is 11.3 Å². The van der Waals surface area contributed by atoms with Crippen molar-refractivity contribution in [3.05, 3.63) is 47.8 Å². The highest BCUT2D eigenvalue weighted by atomic mass is 32.2. The summed E-state index contributed by atoms with van der Waals surface area (Å²) in [6, 6.07) is 13.5. The number of aromatic nitrogens is 3. The fourth-order valence-electron chi connectivity index (χ4n) is 2.94. The number of hydrogen-bond donors (Lipinski definition) is 2. The lowest BCUT2D eigenvalue weighted by atomic mass is 10.1. The van der Waals surface area contributed by atoms with Gasteiger partial charge in [0.1, 0.15) is 9.84 Å². The molecule has 0 unspecified atom stereocenters. The van der Waals surface area contributed by atoms with Gasteiger partial charge in [0.25, 0.3) is 0 Å². The molecule has 1 aliphatic carbocycles. The lowest BCUT2D eigenvalue weighted by Crippen LogP contribution is -2.26. The number of carbonyl (C=O) groups is 1. The predicted molar refractivity (Wildman–Crippen MR) is 117 cm³/mol. The van der Waals surface area contributed by atoms with Crippen molar-refractivity contribution in [1.29, 1.82) is 5.26 Å². The average molecular weight is 458 g/mol. The lowest BCUT2D eigenvalue weighted by Gasteiger charge is -2.07. The maximum absolute atomic E-state index is 10.4. The molecule has 0 bridgehead atoms.